The minimum atomic E-state index is -0.423. The van der Waals surface area contributed by atoms with Crippen LogP contribution in [0.5, 0.6) is 11.5 Å². The zero-order chi connectivity index (χ0) is 25.2. The van der Waals surface area contributed by atoms with Gasteiger partial charge in [0.2, 0.25) is 0 Å². The van der Waals surface area contributed by atoms with Gasteiger partial charge in [-0.05, 0) is 76.5 Å². The monoisotopic (exact) mass is 611 g/mol. The molecule has 0 fully saturated rings. The topological polar surface area (TPSA) is 137 Å². The van der Waals surface area contributed by atoms with E-state index in [2.05, 4.69) is 64.5 Å². The van der Waals surface area contributed by atoms with Gasteiger partial charge in [0.1, 0.15) is 30.3 Å². The molecular formula is C24H19IN7O3P. The largest absolute Gasteiger partial charge is 0.457 e. The summed E-state index contributed by atoms with van der Waals surface area (Å²) in [6.07, 6.45) is 4.25. The number of nitrogens with two attached hydrogens (primary N) is 1. The van der Waals surface area contributed by atoms with Crippen LogP contribution in [0.4, 0.5) is 23.0 Å². The Kier molecular flexibility index (Phi) is 8.93. The molecule has 0 saturated heterocycles. The third kappa shape index (κ3) is 7.08. The van der Waals surface area contributed by atoms with Crippen LogP contribution >= 0.6 is 28.5 Å². The number of nitrogens with zero attached hydrogens (tertiary/aromatic N) is 4. The van der Waals surface area contributed by atoms with Crippen molar-refractivity contribution in [3.63, 3.8) is 0 Å². The lowest BCUT2D eigenvalue weighted by Gasteiger charge is -2.11. The van der Waals surface area contributed by atoms with Crippen LogP contribution in [0.3, 0.4) is 0 Å². The summed E-state index contributed by atoms with van der Waals surface area (Å²) in [5.41, 5.74) is 7.41. The third-order valence-corrected chi connectivity index (χ3v) is 5.76. The van der Waals surface area contributed by atoms with Crippen molar-refractivity contribution in [1.82, 2.24) is 15.0 Å². The normalized spacial score (nSPS) is 10.9. The summed E-state index contributed by atoms with van der Waals surface area (Å²) in [4.78, 5) is 28.8. The second-order valence-corrected chi connectivity index (χ2v) is 8.72. The summed E-state index contributed by atoms with van der Waals surface area (Å²) in [5.74, 6) is 7.02. The smallest absolute Gasteiger partial charge is 0.300 e. The highest BCUT2D eigenvalue weighted by molar-refractivity contribution is 14.2. The standard InChI is InChI=1S/C24H19IN7O3P/c25-36-34-11-1-2-23(33)31-17-5-8-21-20(12-17)24(30-15-29-21)32-16-3-6-18(7-4-16)35-19-9-10-27-22(13-19)28-14-26/h3-10,12-15,36H,11H2,(H,31,33)(H2,26,27,28)(H,29,30,32). The quantitative estimate of drug-likeness (QED) is 0.0627. The molecule has 0 saturated carbocycles. The number of pyridine rings is 1. The predicted molar refractivity (Wildman–Crippen MR) is 151 cm³/mol. The summed E-state index contributed by atoms with van der Waals surface area (Å²) >= 11 is 2.09. The fraction of sp³-hybridized carbons (Fsp3) is 0.0417. The molecule has 12 heteroatoms. The average Bonchev–Trinajstić information content (AvgIpc) is 2.89. The zero-order valence-electron chi connectivity index (χ0n) is 18.6. The maximum Gasteiger partial charge on any atom is 0.300 e. The van der Waals surface area contributed by atoms with Crippen molar-refractivity contribution in [2.24, 2.45) is 10.7 Å². The van der Waals surface area contributed by atoms with Crippen molar-refractivity contribution in [3.05, 3.63) is 67.1 Å². The first-order chi connectivity index (χ1) is 17.6. The van der Waals surface area contributed by atoms with Crippen molar-refractivity contribution in [3.8, 4) is 23.3 Å². The number of benzene rings is 2. The van der Waals surface area contributed by atoms with Gasteiger partial charge < -0.3 is 25.6 Å². The number of aliphatic imine (C=N–C) groups is 1. The number of fused-ring (bicyclic) bond motifs is 1. The number of halogens is 1. The second-order valence-electron chi connectivity index (χ2n) is 6.96. The Morgan fingerprint density at radius 2 is 1.92 bits per heavy atom. The Bertz CT molecular complexity index is 1460. The Morgan fingerprint density at radius 3 is 2.72 bits per heavy atom. The van der Waals surface area contributed by atoms with E-state index in [4.69, 9.17) is 15.0 Å². The molecule has 0 radical (unpaired) electrons. The van der Waals surface area contributed by atoms with Crippen molar-refractivity contribution in [2.45, 2.75) is 0 Å². The molecule has 4 rings (SSSR count). The highest BCUT2D eigenvalue weighted by atomic mass is 127. The highest BCUT2D eigenvalue weighted by Gasteiger charge is 2.08. The van der Waals surface area contributed by atoms with Gasteiger partial charge in [0, 0.05) is 29.0 Å². The van der Waals surface area contributed by atoms with Crippen LogP contribution in [0.2, 0.25) is 0 Å². The van der Waals surface area contributed by atoms with E-state index in [-0.39, 0.29) is 6.61 Å². The van der Waals surface area contributed by atoms with Crippen molar-refractivity contribution in [1.29, 1.82) is 0 Å². The summed E-state index contributed by atoms with van der Waals surface area (Å²) in [5, 5.41) is 6.78. The van der Waals surface area contributed by atoms with Crippen LogP contribution in [0.1, 0.15) is 0 Å². The molecule has 2 aromatic carbocycles. The Labute approximate surface area is 221 Å². The van der Waals surface area contributed by atoms with Crippen LogP contribution in [-0.2, 0) is 9.32 Å². The summed E-state index contributed by atoms with van der Waals surface area (Å²) in [6.45, 7) is 0.512. The van der Waals surface area contributed by atoms with Crippen molar-refractivity contribution < 1.29 is 14.1 Å². The highest BCUT2D eigenvalue weighted by Crippen LogP contribution is 2.28. The number of ether oxygens (including phenoxy) is 1. The maximum absolute atomic E-state index is 12.1. The van der Waals surface area contributed by atoms with Gasteiger partial charge >= 0.3 is 0 Å². The molecular weight excluding hydrogens is 592 g/mol. The van der Waals surface area contributed by atoms with E-state index in [1.54, 1.807) is 36.5 Å². The van der Waals surface area contributed by atoms with Gasteiger partial charge in [0.05, 0.1) is 18.3 Å². The molecule has 4 N–H and O–H groups in total. The number of amides is 1. The minimum absolute atomic E-state index is 0.213. The number of nitrogens with one attached hydrogen (secondary N) is 2. The minimum Gasteiger partial charge on any atom is -0.457 e. The summed E-state index contributed by atoms with van der Waals surface area (Å²) in [6, 6.07) is 16.2. The molecule has 2 heterocycles. The van der Waals surface area contributed by atoms with Gasteiger partial charge in [-0.15, -0.1) is 0 Å². The lowest BCUT2D eigenvalue weighted by molar-refractivity contribution is -0.111. The van der Waals surface area contributed by atoms with Gasteiger partial charge in [-0.2, -0.15) is 0 Å². The molecule has 2 aromatic heterocycles. The second kappa shape index (κ2) is 12.7. The molecule has 0 aliphatic rings. The predicted octanol–water partition coefficient (Wildman–Crippen LogP) is 5.08. The zero-order valence-corrected chi connectivity index (χ0v) is 21.8. The number of carbonyl (C=O) groups excluding carboxylic acids is 1. The van der Waals surface area contributed by atoms with Crippen molar-refractivity contribution >= 4 is 74.7 Å². The molecule has 4 aromatic rings. The number of carbonyl (C=O) groups is 1. The number of hydrogen-bond acceptors (Lipinski definition) is 8. The van der Waals surface area contributed by atoms with Gasteiger partial charge in [0.25, 0.3) is 5.91 Å². The Morgan fingerprint density at radius 1 is 1.08 bits per heavy atom. The molecule has 10 nitrogen and oxygen atoms in total. The molecule has 0 bridgehead atoms. The van der Waals surface area contributed by atoms with Gasteiger partial charge in [0.15, 0.2) is 5.82 Å². The van der Waals surface area contributed by atoms with Gasteiger partial charge in [-0.3, -0.25) is 4.79 Å². The van der Waals surface area contributed by atoms with E-state index in [0.29, 0.717) is 35.3 Å². The SMILES string of the molecule is NC=Nc1cc(Oc2ccc(Nc3ncnc4ccc(NC(=O)C#CCOPI)cc34)cc2)ccn1. The first-order valence-electron chi connectivity index (χ1n) is 10.4. The molecule has 1 atom stereocenters. The van der Waals surface area contributed by atoms with Crippen LogP contribution in [-0.4, -0.2) is 33.8 Å². The molecule has 0 aliphatic carbocycles. The summed E-state index contributed by atoms with van der Waals surface area (Å²) in [7, 11) is 0. The number of rotatable bonds is 8. The van der Waals surface area contributed by atoms with Crippen LogP contribution in [0.15, 0.2) is 72.1 Å². The lowest BCUT2D eigenvalue weighted by atomic mass is 10.2. The van der Waals surface area contributed by atoms with E-state index >= 15 is 0 Å². The third-order valence-electron chi connectivity index (χ3n) is 4.57. The average molecular weight is 611 g/mol. The molecule has 1 unspecified atom stereocenters. The number of anilines is 3. The first kappa shape index (κ1) is 25.2. The fourth-order valence-electron chi connectivity index (χ4n) is 3.07. The maximum atomic E-state index is 12.1. The van der Waals surface area contributed by atoms with Crippen LogP contribution < -0.4 is 21.1 Å². The molecule has 1 amide bonds. The number of aromatic nitrogens is 3. The van der Waals surface area contributed by atoms with Crippen molar-refractivity contribution in [2.75, 3.05) is 17.2 Å². The molecule has 180 valence electrons. The summed E-state index contributed by atoms with van der Waals surface area (Å²) < 4.78 is 11.0. The van der Waals surface area contributed by atoms with Crippen LogP contribution in [0.25, 0.3) is 10.9 Å². The van der Waals surface area contributed by atoms with E-state index in [1.165, 1.54) is 12.7 Å². The van der Waals surface area contributed by atoms with E-state index < -0.39 is 5.91 Å². The van der Waals surface area contributed by atoms with E-state index in [1.807, 2.05) is 24.3 Å². The first-order valence-corrected chi connectivity index (χ1v) is 14.4. The number of hydrogen-bond donors (Lipinski definition) is 3. The molecule has 0 spiro atoms. The Balaban J connectivity index is 1.47. The Hall–Kier alpha value is -3.85. The fourth-order valence-corrected chi connectivity index (χ4v) is 3.66. The van der Waals surface area contributed by atoms with Gasteiger partial charge in [-0.1, -0.05) is 5.92 Å². The van der Waals surface area contributed by atoms with Gasteiger partial charge in [-0.25, -0.2) is 19.9 Å². The lowest BCUT2D eigenvalue weighted by Crippen LogP contribution is -2.08. The van der Waals surface area contributed by atoms with E-state index in [0.717, 1.165) is 16.6 Å². The molecule has 0 aliphatic heterocycles. The van der Waals surface area contributed by atoms with E-state index in [9.17, 15) is 4.79 Å². The molecule has 36 heavy (non-hydrogen) atoms. The van der Waals surface area contributed by atoms with Crippen LogP contribution in [0, 0.1) is 11.8 Å².